The summed E-state index contributed by atoms with van der Waals surface area (Å²) in [6.45, 7) is 0. The van der Waals surface area contributed by atoms with E-state index in [0.29, 0.717) is 5.75 Å². The van der Waals surface area contributed by atoms with Gasteiger partial charge < -0.3 is 10.4 Å². The summed E-state index contributed by atoms with van der Waals surface area (Å²) in [6.07, 6.45) is 7.32. The molecule has 2 N–H and O–H groups in total. The Morgan fingerprint density at radius 2 is 2.05 bits per heavy atom. The first-order valence-corrected chi connectivity index (χ1v) is 6.42. The molecule has 0 heterocycles. The predicted octanol–water partition coefficient (Wildman–Crippen LogP) is 3.47. The summed E-state index contributed by atoms with van der Waals surface area (Å²) >= 11 is 0. The lowest BCUT2D eigenvalue weighted by Crippen LogP contribution is -2.07. The second kappa shape index (κ2) is 4.70. The summed E-state index contributed by atoms with van der Waals surface area (Å²) in [6, 6.07) is 13.8. The molecule has 2 heteroatoms. The normalized spacial score (nSPS) is 16.7. The smallest absolute Gasteiger partial charge is 0.119 e. The first-order valence-electron chi connectivity index (χ1n) is 6.42. The maximum atomic E-state index is 9.84. The Labute approximate surface area is 113 Å². The van der Waals surface area contributed by atoms with E-state index >= 15 is 0 Å². The minimum Gasteiger partial charge on any atom is -0.508 e. The number of phenols is 1. The summed E-state index contributed by atoms with van der Waals surface area (Å²) in [5.41, 5.74) is 4.15. The summed E-state index contributed by atoms with van der Waals surface area (Å²) in [7, 11) is 0. The van der Waals surface area contributed by atoms with Crippen LogP contribution in [0.15, 0.2) is 42.5 Å². The lowest BCUT2D eigenvalue weighted by Gasteiger charge is -2.16. The second-order valence-corrected chi connectivity index (χ2v) is 4.81. The fraction of sp³-hybridized carbons (Fsp3) is 0.176. The average Bonchev–Trinajstić information content (AvgIpc) is 2.84. The van der Waals surface area contributed by atoms with Crippen molar-refractivity contribution in [2.45, 2.75) is 18.9 Å². The summed E-state index contributed by atoms with van der Waals surface area (Å²) < 4.78 is 0. The fourth-order valence-corrected chi connectivity index (χ4v) is 2.68. The zero-order chi connectivity index (χ0) is 13.2. The van der Waals surface area contributed by atoms with E-state index in [1.165, 1.54) is 5.56 Å². The number of hydrogen-bond donors (Lipinski definition) is 2. The van der Waals surface area contributed by atoms with E-state index in [1.807, 2.05) is 30.3 Å². The molecule has 2 aromatic rings. The van der Waals surface area contributed by atoms with Crippen LogP contribution in [0.4, 0.5) is 5.69 Å². The number of anilines is 1. The van der Waals surface area contributed by atoms with Gasteiger partial charge in [-0.25, -0.2) is 0 Å². The zero-order valence-corrected chi connectivity index (χ0v) is 10.6. The van der Waals surface area contributed by atoms with Gasteiger partial charge in [0.05, 0.1) is 6.04 Å². The number of terminal acetylenes is 1. The average molecular weight is 249 g/mol. The maximum Gasteiger partial charge on any atom is 0.119 e. The molecule has 19 heavy (non-hydrogen) atoms. The standard InChI is InChI=1S/C17H15NO/c1-2-12-5-3-6-13(11-12)18-16-10-9-15-14(16)7-4-8-17(15)19/h1,3-8,11,16,18-19H,9-10H2. The number of nitrogens with one attached hydrogen (secondary N) is 1. The molecule has 0 amide bonds. The third kappa shape index (κ3) is 2.15. The molecule has 0 bridgehead atoms. The molecule has 1 aliphatic carbocycles. The van der Waals surface area contributed by atoms with Crippen LogP contribution in [0, 0.1) is 12.3 Å². The van der Waals surface area contributed by atoms with Gasteiger partial charge in [-0.05, 0) is 48.2 Å². The number of aromatic hydroxyl groups is 1. The highest BCUT2D eigenvalue weighted by Gasteiger charge is 2.24. The van der Waals surface area contributed by atoms with Gasteiger partial charge in [0.1, 0.15) is 5.75 Å². The zero-order valence-electron chi connectivity index (χ0n) is 10.6. The van der Waals surface area contributed by atoms with Crippen molar-refractivity contribution >= 4 is 5.69 Å². The molecule has 2 aromatic carbocycles. The summed E-state index contributed by atoms with van der Waals surface area (Å²) in [4.78, 5) is 0. The van der Waals surface area contributed by atoms with Crippen LogP contribution in [0.5, 0.6) is 5.75 Å². The van der Waals surface area contributed by atoms with E-state index < -0.39 is 0 Å². The highest BCUT2D eigenvalue weighted by molar-refractivity contribution is 5.54. The fourth-order valence-electron chi connectivity index (χ4n) is 2.68. The van der Waals surface area contributed by atoms with Gasteiger partial charge in [-0.3, -0.25) is 0 Å². The lowest BCUT2D eigenvalue weighted by molar-refractivity contribution is 0.469. The van der Waals surface area contributed by atoms with Crippen LogP contribution < -0.4 is 5.32 Å². The van der Waals surface area contributed by atoms with Crippen LogP contribution in [0.3, 0.4) is 0 Å². The van der Waals surface area contributed by atoms with Crippen molar-refractivity contribution in [1.29, 1.82) is 0 Å². The lowest BCUT2D eigenvalue weighted by atomic mass is 10.1. The molecule has 0 radical (unpaired) electrons. The Balaban J connectivity index is 1.87. The van der Waals surface area contributed by atoms with Gasteiger partial charge in [0.25, 0.3) is 0 Å². The first kappa shape index (κ1) is 11.7. The Hall–Kier alpha value is -2.40. The van der Waals surface area contributed by atoms with E-state index in [4.69, 9.17) is 6.42 Å². The molecule has 0 fully saturated rings. The van der Waals surface area contributed by atoms with E-state index in [0.717, 1.165) is 29.7 Å². The van der Waals surface area contributed by atoms with Crippen molar-refractivity contribution in [3.63, 3.8) is 0 Å². The van der Waals surface area contributed by atoms with Gasteiger partial charge in [0.15, 0.2) is 0 Å². The van der Waals surface area contributed by atoms with Crippen molar-refractivity contribution in [2.24, 2.45) is 0 Å². The van der Waals surface area contributed by atoms with Gasteiger partial charge in [0, 0.05) is 11.3 Å². The molecule has 0 aliphatic heterocycles. The van der Waals surface area contributed by atoms with Crippen molar-refractivity contribution in [3.05, 3.63) is 59.2 Å². The van der Waals surface area contributed by atoms with Crippen LogP contribution in [0.2, 0.25) is 0 Å². The predicted molar refractivity (Wildman–Crippen MR) is 77.2 cm³/mol. The molecule has 1 atom stereocenters. The molecule has 1 unspecified atom stereocenters. The van der Waals surface area contributed by atoms with Gasteiger partial charge in [0.2, 0.25) is 0 Å². The number of rotatable bonds is 2. The third-order valence-corrected chi connectivity index (χ3v) is 3.62. The Morgan fingerprint density at radius 1 is 1.21 bits per heavy atom. The number of fused-ring (bicyclic) bond motifs is 1. The van der Waals surface area contributed by atoms with E-state index in [-0.39, 0.29) is 6.04 Å². The molecule has 0 saturated carbocycles. The Kier molecular flexibility index (Phi) is 2.89. The Bertz CT molecular complexity index is 655. The second-order valence-electron chi connectivity index (χ2n) is 4.81. The summed E-state index contributed by atoms with van der Waals surface area (Å²) in [5, 5.41) is 13.3. The molecular weight excluding hydrogens is 234 g/mol. The van der Waals surface area contributed by atoms with E-state index in [2.05, 4.69) is 17.3 Å². The van der Waals surface area contributed by atoms with Crippen molar-refractivity contribution in [1.82, 2.24) is 0 Å². The third-order valence-electron chi connectivity index (χ3n) is 3.62. The van der Waals surface area contributed by atoms with Gasteiger partial charge in [-0.2, -0.15) is 0 Å². The van der Waals surface area contributed by atoms with Crippen LogP contribution in [0.25, 0.3) is 0 Å². The monoisotopic (exact) mass is 249 g/mol. The largest absolute Gasteiger partial charge is 0.508 e. The van der Waals surface area contributed by atoms with Gasteiger partial charge >= 0.3 is 0 Å². The number of benzene rings is 2. The van der Waals surface area contributed by atoms with Crippen LogP contribution in [0.1, 0.15) is 29.2 Å². The van der Waals surface area contributed by atoms with Gasteiger partial charge in [-0.1, -0.05) is 24.1 Å². The minimum atomic E-state index is 0.245. The molecule has 2 nitrogen and oxygen atoms in total. The molecule has 0 aromatic heterocycles. The van der Waals surface area contributed by atoms with Crippen LogP contribution in [-0.4, -0.2) is 5.11 Å². The van der Waals surface area contributed by atoms with Crippen LogP contribution >= 0.6 is 0 Å². The molecule has 3 rings (SSSR count). The molecule has 0 spiro atoms. The Morgan fingerprint density at radius 3 is 2.89 bits per heavy atom. The SMILES string of the molecule is C#Cc1cccc(NC2CCc3c(O)cccc32)c1. The number of phenolic OH excluding ortho intramolecular Hbond substituents is 1. The first-order chi connectivity index (χ1) is 9.28. The van der Waals surface area contributed by atoms with Crippen molar-refractivity contribution in [2.75, 3.05) is 5.32 Å². The highest BCUT2D eigenvalue weighted by atomic mass is 16.3. The van der Waals surface area contributed by atoms with E-state index in [9.17, 15) is 5.11 Å². The van der Waals surface area contributed by atoms with Crippen molar-refractivity contribution in [3.8, 4) is 18.1 Å². The topological polar surface area (TPSA) is 32.3 Å². The number of hydrogen-bond acceptors (Lipinski definition) is 2. The maximum absolute atomic E-state index is 9.84. The summed E-state index contributed by atoms with van der Waals surface area (Å²) in [5.74, 6) is 3.04. The van der Waals surface area contributed by atoms with Gasteiger partial charge in [-0.15, -0.1) is 6.42 Å². The highest BCUT2D eigenvalue weighted by Crippen LogP contribution is 2.38. The molecular formula is C17H15NO. The van der Waals surface area contributed by atoms with E-state index in [1.54, 1.807) is 6.07 Å². The molecule has 1 aliphatic rings. The van der Waals surface area contributed by atoms with Crippen LogP contribution in [-0.2, 0) is 6.42 Å². The van der Waals surface area contributed by atoms with Crippen molar-refractivity contribution < 1.29 is 5.11 Å². The molecule has 94 valence electrons. The quantitative estimate of drug-likeness (QED) is 0.799. The molecule has 0 saturated heterocycles. The minimum absolute atomic E-state index is 0.245.